The first-order valence-corrected chi connectivity index (χ1v) is 9.51. The van der Waals surface area contributed by atoms with Gasteiger partial charge in [-0.1, -0.05) is 13.0 Å². The second-order valence-electron chi connectivity index (χ2n) is 7.29. The van der Waals surface area contributed by atoms with E-state index in [1.54, 1.807) is 13.0 Å². The molecule has 6 nitrogen and oxygen atoms in total. The summed E-state index contributed by atoms with van der Waals surface area (Å²) in [5.74, 6) is -0.415. The number of hydrogen-bond acceptors (Lipinski definition) is 5. The van der Waals surface area contributed by atoms with E-state index in [1.807, 2.05) is 32.6 Å². The minimum atomic E-state index is -0.746. The van der Waals surface area contributed by atoms with Gasteiger partial charge in [-0.3, -0.25) is 4.79 Å². The minimum Gasteiger partial charge on any atom is -0.474 e. The molecule has 1 rings (SSSR count). The number of carbonyl (C=O) groups is 2. The summed E-state index contributed by atoms with van der Waals surface area (Å²) in [6.07, 6.45) is 19.2. The summed E-state index contributed by atoms with van der Waals surface area (Å²) in [5.41, 5.74) is -0.383. The number of esters is 1. The van der Waals surface area contributed by atoms with E-state index >= 15 is 0 Å². The van der Waals surface area contributed by atoms with E-state index in [1.165, 1.54) is 0 Å². The molecule has 3 atom stereocenters. The standard InChI is InChI=1S/C19H32N2O4.2C2H2/c1-8-13(3)16(18(23)24-9-2)20-17(22)15-11-10-12-21(15)14(4)25-19(5,6)7;2*1-2/h8,13,15-16H,1,4,9-12H2,2-3,5-7H3,(H,20,22);2*1-2H/t13?,15-,16?;;/m0../s1. The van der Waals surface area contributed by atoms with Gasteiger partial charge >= 0.3 is 5.97 Å². The summed E-state index contributed by atoms with van der Waals surface area (Å²) in [7, 11) is 0. The number of amides is 1. The maximum Gasteiger partial charge on any atom is 0.329 e. The van der Waals surface area contributed by atoms with Gasteiger partial charge in [0.15, 0.2) is 5.88 Å². The van der Waals surface area contributed by atoms with E-state index in [2.05, 4.69) is 44.2 Å². The quantitative estimate of drug-likeness (QED) is 0.291. The molecule has 0 aromatic rings. The first kappa shape index (κ1) is 28.4. The van der Waals surface area contributed by atoms with Crippen molar-refractivity contribution in [2.75, 3.05) is 13.2 Å². The summed E-state index contributed by atoms with van der Waals surface area (Å²) >= 11 is 0. The van der Waals surface area contributed by atoms with Gasteiger partial charge in [0.1, 0.15) is 17.7 Å². The summed E-state index contributed by atoms with van der Waals surface area (Å²) in [4.78, 5) is 26.8. The molecule has 1 N–H and O–H groups in total. The van der Waals surface area contributed by atoms with Crippen LogP contribution in [-0.4, -0.2) is 47.6 Å². The van der Waals surface area contributed by atoms with Crippen LogP contribution in [0, 0.1) is 31.6 Å². The lowest BCUT2D eigenvalue weighted by molar-refractivity contribution is -0.149. The molecular weight excluding hydrogens is 368 g/mol. The van der Waals surface area contributed by atoms with E-state index in [0.29, 0.717) is 18.8 Å². The monoisotopic (exact) mass is 404 g/mol. The van der Waals surface area contributed by atoms with Crippen LogP contribution < -0.4 is 5.32 Å². The van der Waals surface area contributed by atoms with Crippen molar-refractivity contribution in [2.45, 2.75) is 65.1 Å². The van der Waals surface area contributed by atoms with Crippen molar-refractivity contribution in [3.8, 4) is 25.7 Å². The van der Waals surface area contributed by atoms with Crippen molar-refractivity contribution < 1.29 is 19.1 Å². The smallest absolute Gasteiger partial charge is 0.329 e. The molecule has 0 spiro atoms. The van der Waals surface area contributed by atoms with Gasteiger partial charge in [-0.2, -0.15) is 0 Å². The third kappa shape index (κ3) is 9.76. The van der Waals surface area contributed by atoms with Gasteiger partial charge in [0.2, 0.25) is 5.91 Å². The predicted octanol–water partition coefficient (Wildman–Crippen LogP) is 3.11. The number of hydrogen-bond donors (Lipinski definition) is 1. The second kappa shape index (κ2) is 14.2. The third-order valence-electron chi connectivity index (χ3n) is 4.04. The molecule has 1 fully saturated rings. The zero-order valence-corrected chi connectivity index (χ0v) is 18.4. The van der Waals surface area contributed by atoms with Gasteiger partial charge < -0.3 is 19.7 Å². The number of terminal acetylenes is 2. The van der Waals surface area contributed by atoms with Crippen LogP contribution in [0.1, 0.15) is 47.5 Å². The lowest BCUT2D eigenvalue weighted by Crippen LogP contribution is -2.52. The van der Waals surface area contributed by atoms with Gasteiger partial charge in [0.05, 0.1) is 6.61 Å². The molecule has 1 aliphatic heterocycles. The Bertz CT molecular complexity index is 581. The molecule has 1 heterocycles. The first-order valence-electron chi connectivity index (χ1n) is 9.51. The normalized spacial score (nSPS) is 17.1. The highest BCUT2D eigenvalue weighted by molar-refractivity contribution is 5.88. The van der Waals surface area contributed by atoms with Crippen LogP contribution in [0.25, 0.3) is 0 Å². The lowest BCUT2D eigenvalue weighted by atomic mass is 10.0. The largest absolute Gasteiger partial charge is 0.474 e. The maximum atomic E-state index is 12.8. The Morgan fingerprint density at radius 1 is 1.28 bits per heavy atom. The van der Waals surface area contributed by atoms with E-state index in [4.69, 9.17) is 9.47 Å². The van der Waals surface area contributed by atoms with Crippen molar-refractivity contribution in [3.63, 3.8) is 0 Å². The van der Waals surface area contributed by atoms with Crippen molar-refractivity contribution >= 4 is 11.9 Å². The summed E-state index contributed by atoms with van der Waals surface area (Å²) in [6.45, 7) is 18.0. The second-order valence-corrected chi connectivity index (χ2v) is 7.29. The molecule has 0 radical (unpaired) electrons. The molecular formula is C23H36N2O4. The minimum absolute atomic E-state index is 0.220. The van der Waals surface area contributed by atoms with Crippen LogP contribution in [-0.2, 0) is 19.1 Å². The molecule has 29 heavy (non-hydrogen) atoms. The zero-order valence-electron chi connectivity index (χ0n) is 18.4. The van der Waals surface area contributed by atoms with Gasteiger partial charge in [0.25, 0.3) is 0 Å². The van der Waals surface area contributed by atoms with Gasteiger partial charge in [0, 0.05) is 12.5 Å². The Morgan fingerprint density at radius 2 is 1.83 bits per heavy atom. The molecule has 0 aromatic heterocycles. The number of ether oxygens (including phenoxy) is 2. The molecule has 0 aliphatic carbocycles. The average molecular weight is 405 g/mol. The van der Waals surface area contributed by atoms with E-state index in [0.717, 1.165) is 6.42 Å². The van der Waals surface area contributed by atoms with E-state index < -0.39 is 18.1 Å². The molecule has 0 bridgehead atoms. The molecule has 1 amide bonds. The summed E-state index contributed by atoms with van der Waals surface area (Å²) < 4.78 is 10.9. The van der Waals surface area contributed by atoms with Crippen molar-refractivity contribution in [3.05, 3.63) is 25.1 Å². The molecule has 1 saturated heterocycles. The number of nitrogens with zero attached hydrogens (tertiary/aromatic N) is 1. The average Bonchev–Trinajstić information content (AvgIpc) is 3.17. The number of nitrogens with one attached hydrogen (secondary N) is 1. The lowest BCUT2D eigenvalue weighted by Gasteiger charge is -2.33. The molecule has 162 valence electrons. The van der Waals surface area contributed by atoms with E-state index in [9.17, 15) is 9.59 Å². The van der Waals surface area contributed by atoms with Gasteiger partial charge in [-0.25, -0.2) is 4.79 Å². The summed E-state index contributed by atoms with van der Waals surface area (Å²) in [5, 5.41) is 2.82. The summed E-state index contributed by atoms with van der Waals surface area (Å²) in [6, 6.07) is -1.15. The molecule has 0 saturated carbocycles. The number of likely N-dealkylation sites (tertiary alicyclic amines) is 1. The van der Waals surface area contributed by atoms with Crippen LogP contribution in [0.4, 0.5) is 0 Å². The van der Waals surface area contributed by atoms with Crippen LogP contribution >= 0.6 is 0 Å². The highest BCUT2D eigenvalue weighted by Gasteiger charge is 2.36. The van der Waals surface area contributed by atoms with Crippen LogP contribution in [0.5, 0.6) is 0 Å². The zero-order chi connectivity index (χ0) is 23.2. The Kier molecular flexibility index (Phi) is 13.9. The fraction of sp³-hybridized carbons (Fsp3) is 0.565. The molecule has 6 heteroatoms. The molecule has 1 aliphatic rings. The molecule has 0 aromatic carbocycles. The SMILES string of the molecule is C#C.C#C.C=CC(C)C(NC(=O)[C@@H]1CCCN1C(=C)OC(C)(C)C)C(=O)OCC. The first-order chi connectivity index (χ1) is 13.6. The Labute approximate surface area is 176 Å². The maximum absolute atomic E-state index is 12.8. The van der Waals surface area contributed by atoms with Crippen LogP contribution in [0.3, 0.4) is 0 Å². The van der Waals surface area contributed by atoms with Crippen LogP contribution in [0.15, 0.2) is 25.1 Å². The highest BCUT2D eigenvalue weighted by Crippen LogP contribution is 2.25. The Morgan fingerprint density at radius 3 is 2.28 bits per heavy atom. The third-order valence-corrected chi connectivity index (χ3v) is 4.04. The van der Waals surface area contributed by atoms with Crippen LogP contribution in [0.2, 0.25) is 0 Å². The van der Waals surface area contributed by atoms with Gasteiger partial charge in [-0.05, 0) is 47.1 Å². The Hall–Kier alpha value is -2.86. The van der Waals surface area contributed by atoms with Gasteiger partial charge in [-0.15, -0.1) is 32.3 Å². The predicted molar refractivity (Wildman–Crippen MR) is 117 cm³/mol. The highest BCUT2D eigenvalue weighted by atomic mass is 16.5. The van der Waals surface area contributed by atoms with Crippen molar-refractivity contribution in [2.24, 2.45) is 5.92 Å². The Balaban J connectivity index is 0. The topological polar surface area (TPSA) is 67.9 Å². The van der Waals surface area contributed by atoms with Crippen molar-refractivity contribution in [1.29, 1.82) is 0 Å². The van der Waals surface area contributed by atoms with E-state index in [-0.39, 0.29) is 24.0 Å². The fourth-order valence-corrected chi connectivity index (χ4v) is 2.77. The number of carbonyl (C=O) groups excluding carboxylic acids is 2. The molecule has 2 unspecified atom stereocenters. The van der Waals surface area contributed by atoms with Crippen molar-refractivity contribution in [1.82, 2.24) is 10.2 Å². The fourth-order valence-electron chi connectivity index (χ4n) is 2.77. The number of rotatable bonds is 8.